The van der Waals surface area contributed by atoms with Gasteiger partial charge in [-0.05, 0) is 53.3 Å². The summed E-state index contributed by atoms with van der Waals surface area (Å²) in [6.07, 6.45) is 0.851. The molecule has 0 saturated carbocycles. The normalized spacial score (nSPS) is 11.5. The molecular formula is C28H24N2O3. The van der Waals surface area contributed by atoms with Crippen LogP contribution in [0.2, 0.25) is 0 Å². The number of nitrogens with zero attached hydrogens (tertiary/aromatic N) is 2. The lowest BCUT2D eigenvalue weighted by atomic mass is 9.91. The van der Waals surface area contributed by atoms with E-state index in [9.17, 15) is 14.7 Å². The lowest BCUT2D eigenvalue weighted by Gasteiger charge is -2.13. The smallest absolute Gasteiger partial charge is 0.268 e. The predicted octanol–water partition coefficient (Wildman–Crippen LogP) is 4.90. The zero-order valence-corrected chi connectivity index (χ0v) is 18.8. The van der Waals surface area contributed by atoms with Crippen LogP contribution < -0.4 is 10.9 Å². The zero-order valence-electron chi connectivity index (χ0n) is 18.8. The summed E-state index contributed by atoms with van der Waals surface area (Å²) in [7, 11) is 0. The van der Waals surface area contributed by atoms with Gasteiger partial charge in [-0.3, -0.25) is 9.59 Å². The lowest BCUT2D eigenvalue weighted by molar-refractivity contribution is 0.465. The van der Waals surface area contributed by atoms with Gasteiger partial charge in [-0.15, -0.1) is 0 Å². The highest BCUT2D eigenvalue weighted by atomic mass is 16.3. The van der Waals surface area contributed by atoms with Crippen LogP contribution in [0.1, 0.15) is 29.4 Å². The molecule has 1 heterocycles. The molecule has 5 aromatic rings. The van der Waals surface area contributed by atoms with Crippen molar-refractivity contribution in [3.05, 3.63) is 104 Å². The molecule has 0 atom stereocenters. The third kappa shape index (κ3) is 3.37. The quantitative estimate of drug-likeness (QED) is 0.398. The van der Waals surface area contributed by atoms with Crippen molar-refractivity contribution in [3.63, 3.8) is 0 Å². The number of hydrogen-bond donors (Lipinski definition) is 1. The van der Waals surface area contributed by atoms with Gasteiger partial charge in [0.15, 0.2) is 5.75 Å². The van der Waals surface area contributed by atoms with Crippen LogP contribution in [0.3, 0.4) is 0 Å². The van der Waals surface area contributed by atoms with E-state index >= 15 is 0 Å². The van der Waals surface area contributed by atoms with Gasteiger partial charge in [-0.2, -0.15) is 0 Å². The molecule has 5 nitrogen and oxygen atoms in total. The minimum Gasteiger partial charge on any atom is -0.503 e. The summed E-state index contributed by atoms with van der Waals surface area (Å²) < 4.78 is 2.28. The largest absolute Gasteiger partial charge is 0.503 e. The Morgan fingerprint density at radius 1 is 0.909 bits per heavy atom. The average Bonchev–Trinajstić information content (AvgIpc) is 3.17. The second-order valence-corrected chi connectivity index (χ2v) is 8.54. The van der Waals surface area contributed by atoms with Gasteiger partial charge in [-0.1, -0.05) is 61.5 Å². The van der Waals surface area contributed by atoms with E-state index in [2.05, 4.69) is 49.6 Å². The Bertz CT molecular complexity index is 1580. The molecule has 0 unspecified atom stereocenters. The number of hydrogen-bond acceptors (Lipinski definition) is 4. The second-order valence-electron chi connectivity index (χ2n) is 8.54. The predicted molar refractivity (Wildman–Crippen MR) is 132 cm³/mol. The molecule has 0 fully saturated rings. The molecule has 4 aromatic carbocycles. The van der Waals surface area contributed by atoms with Crippen molar-refractivity contribution in [1.29, 1.82) is 0 Å². The van der Waals surface area contributed by atoms with Crippen molar-refractivity contribution in [2.45, 2.75) is 33.7 Å². The van der Waals surface area contributed by atoms with Gasteiger partial charge < -0.3 is 9.67 Å². The minimum atomic E-state index is -0.820. The fraction of sp³-hybridized carbons (Fsp3) is 0.179. The fourth-order valence-electron chi connectivity index (χ4n) is 4.62. The van der Waals surface area contributed by atoms with Crippen LogP contribution in [0, 0.1) is 13.8 Å². The number of aromatic hydroxyl groups is 1. The summed E-state index contributed by atoms with van der Waals surface area (Å²) in [4.78, 5) is 28.4. The van der Waals surface area contributed by atoms with Crippen LogP contribution >= 0.6 is 0 Å². The molecule has 0 bridgehead atoms. The van der Waals surface area contributed by atoms with Crippen LogP contribution in [0.5, 0.6) is 5.75 Å². The summed E-state index contributed by atoms with van der Waals surface area (Å²) in [5.41, 5.74) is 6.69. The van der Waals surface area contributed by atoms with Crippen LogP contribution in [0.25, 0.3) is 33.3 Å². The van der Waals surface area contributed by atoms with Gasteiger partial charge in [0.05, 0.1) is 16.6 Å². The third-order valence-electron chi connectivity index (χ3n) is 6.27. The van der Waals surface area contributed by atoms with Crippen LogP contribution in [-0.2, 0) is 13.0 Å². The lowest BCUT2D eigenvalue weighted by Crippen LogP contribution is -2.31. The van der Waals surface area contributed by atoms with Crippen LogP contribution in [0.15, 0.2) is 70.3 Å². The number of fused-ring (bicyclic) bond motifs is 1. The number of aromatic nitrogens is 2. The maximum absolute atomic E-state index is 12.0. The molecule has 0 amide bonds. The Kier molecular flexibility index (Phi) is 4.97. The fourth-order valence-corrected chi connectivity index (χ4v) is 4.62. The van der Waals surface area contributed by atoms with Crippen molar-refractivity contribution in [2.75, 3.05) is 0 Å². The van der Waals surface area contributed by atoms with E-state index in [1.807, 2.05) is 24.3 Å². The van der Waals surface area contributed by atoms with E-state index in [4.69, 9.17) is 4.98 Å². The van der Waals surface area contributed by atoms with E-state index < -0.39 is 16.6 Å². The standard InChI is InChI=1S/C28H24N2O3/c1-4-23-29-25-17(3)13-16(2)14-22(25)30(23)15-18-9-11-19(12-10-18)20-7-5-6-8-21(20)24-26(31)28(33)27(24)32/h5-14,31H,4,15H2,1-3H3. The van der Waals surface area contributed by atoms with Gasteiger partial charge in [-0.25, -0.2) is 4.98 Å². The van der Waals surface area contributed by atoms with Crippen molar-refractivity contribution >= 4 is 11.0 Å². The van der Waals surface area contributed by atoms with Gasteiger partial charge in [0.2, 0.25) is 5.43 Å². The molecule has 164 valence electrons. The van der Waals surface area contributed by atoms with E-state index in [0.717, 1.165) is 40.0 Å². The molecule has 0 aliphatic heterocycles. The summed E-state index contributed by atoms with van der Waals surface area (Å²) >= 11 is 0. The average molecular weight is 437 g/mol. The summed E-state index contributed by atoms with van der Waals surface area (Å²) in [5, 5.41) is 9.93. The molecule has 0 aliphatic rings. The minimum absolute atomic E-state index is 0.0999. The number of imidazole rings is 1. The van der Waals surface area contributed by atoms with Gasteiger partial charge in [0.25, 0.3) is 5.43 Å². The highest BCUT2D eigenvalue weighted by Crippen LogP contribution is 2.34. The number of benzene rings is 3. The first-order chi connectivity index (χ1) is 15.9. The molecule has 0 spiro atoms. The van der Waals surface area contributed by atoms with E-state index in [-0.39, 0.29) is 5.56 Å². The molecule has 0 aliphatic carbocycles. The first kappa shape index (κ1) is 20.9. The van der Waals surface area contributed by atoms with Crippen molar-refractivity contribution in [1.82, 2.24) is 9.55 Å². The summed E-state index contributed by atoms with van der Waals surface area (Å²) in [5.74, 6) is 0.609. The molecule has 0 radical (unpaired) electrons. The maximum atomic E-state index is 12.0. The van der Waals surface area contributed by atoms with Gasteiger partial charge >= 0.3 is 0 Å². The van der Waals surface area contributed by atoms with Crippen molar-refractivity contribution in [3.8, 4) is 28.0 Å². The summed E-state index contributed by atoms with van der Waals surface area (Å²) in [6.45, 7) is 7.04. The Labute approximate surface area is 191 Å². The van der Waals surface area contributed by atoms with Crippen molar-refractivity contribution in [2.24, 2.45) is 0 Å². The van der Waals surface area contributed by atoms with E-state index in [1.165, 1.54) is 11.1 Å². The second kappa shape index (κ2) is 7.85. The highest BCUT2D eigenvalue weighted by molar-refractivity contribution is 5.87. The molecule has 0 saturated heterocycles. The SMILES string of the molecule is CCc1nc2c(C)cc(C)cc2n1Cc1ccc(-c2ccccc2-c2c(O)c(=O)c2=O)cc1. The van der Waals surface area contributed by atoms with Crippen LogP contribution in [0.4, 0.5) is 0 Å². The number of rotatable bonds is 5. The molecule has 33 heavy (non-hydrogen) atoms. The topological polar surface area (TPSA) is 72.2 Å². The monoisotopic (exact) mass is 436 g/mol. The molecule has 1 N–H and O–H groups in total. The highest BCUT2D eigenvalue weighted by Gasteiger charge is 2.23. The molecule has 5 heteroatoms. The first-order valence-corrected chi connectivity index (χ1v) is 11.1. The Balaban J connectivity index is 1.52. The Morgan fingerprint density at radius 2 is 1.61 bits per heavy atom. The third-order valence-corrected chi connectivity index (χ3v) is 6.27. The molecule has 5 rings (SSSR count). The first-order valence-electron chi connectivity index (χ1n) is 11.1. The zero-order chi connectivity index (χ0) is 23.3. The van der Waals surface area contributed by atoms with Crippen LogP contribution in [-0.4, -0.2) is 14.7 Å². The molecule has 1 aromatic heterocycles. The Morgan fingerprint density at radius 3 is 2.27 bits per heavy atom. The Hall–Kier alpha value is -3.99. The summed E-state index contributed by atoms with van der Waals surface area (Å²) in [6, 6.07) is 19.9. The van der Waals surface area contributed by atoms with Crippen molar-refractivity contribution < 1.29 is 5.11 Å². The molecular weight excluding hydrogens is 412 g/mol. The van der Waals surface area contributed by atoms with E-state index in [1.54, 1.807) is 12.1 Å². The maximum Gasteiger partial charge on any atom is 0.268 e. The van der Waals surface area contributed by atoms with Gasteiger partial charge in [0.1, 0.15) is 5.82 Å². The van der Waals surface area contributed by atoms with Gasteiger partial charge in [0, 0.05) is 13.0 Å². The number of aryl methyl sites for hydroxylation is 3. The van der Waals surface area contributed by atoms with E-state index in [0.29, 0.717) is 12.1 Å².